The van der Waals surface area contributed by atoms with Gasteiger partial charge in [0, 0.05) is 0 Å². The monoisotopic (exact) mass is 217 g/mol. The predicted molar refractivity (Wildman–Crippen MR) is 59.9 cm³/mol. The van der Waals surface area contributed by atoms with Gasteiger partial charge in [-0.15, -0.1) is 0 Å². The molecule has 5 heteroatoms. The van der Waals surface area contributed by atoms with E-state index < -0.39 is 0 Å². The number of anilines is 1. The highest BCUT2D eigenvalue weighted by atomic mass is 16.5. The summed E-state index contributed by atoms with van der Waals surface area (Å²) in [5.74, 6) is -0.000547. The molecule has 0 saturated heterocycles. The molecular weight excluding hydrogens is 206 g/mol. The van der Waals surface area contributed by atoms with Crippen molar-refractivity contribution in [1.82, 2.24) is 9.97 Å². The first kappa shape index (κ1) is 10.4. The van der Waals surface area contributed by atoms with E-state index in [1.165, 1.54) is 6.20 Å². The number of rotatable bonds is 2. The maximum Gasteiger partial charge on any atom is 0.338 e. The van der Waals surface area contributed by atoms with E-state index in [0.29, 0.717) is 29.0 Å². The minimum absolute atomic E-state index is 0.351. The van der Waals surface area contributed by atoms with E-state index >= 15 is 0 Å². The summed E-state index contributed by atoms with van der Waals surface area (Å²) in [6.45, 7) is 2.11. The van der Waals surface area contributed by atoms with Gasteiger partial charge in [-0.25, -0.2) is 9.78 Å². The largest absolute Gasteiger partial charge is 0.462 e. The van der Waals surface area contributed by atoms with Crippen molar-refractivity contribution in [1.29, 1.82) is 0 Å². The van der Waals surface area contributed by atoms with Crippen molar-refractivity contribution in [3.63, 3.8) is 0 Å². The third-order valence-corrected chi connectivity index (χ3v) is 2.07. The van der Waals surface area contributed by atoms with Gasteiger partial charge in [-0.05, 0) is 25.1 Å². The lowest BCUT2D eigenvalue weighted by Gasteiger charge is -2.03. The van der Waals surface area contributed by atoms with Crippen molar-refractivity contribution >= 4 is 22.8 Å². The van der Waals surface area contributed by atoms with Gasteiger partial charge in [-0.2, -0.15) is 0 Å². The lowest BCUT2D eigenvalue weighted by atomic mass is 10.2. The molecular formula is C11H11N3O2. The van der Waals surface area contributed by atoms with E-state index in [1.54, 1.807) is 25.1 Å². The molecule has 2 N–H and O–H groups in total. The van der Waals surface area contributed by atoms with Gasteiger partial charge in [-0.1, -0.05) is 0 Å². The first-order valence-corrected chi connectivity index (χ1v) is 4.90. The molecule has 5 nitrogen and oxygen atoms in total. The Bertz CT molecular complexity index is 540. The lowest BCUT2D eigenvalue weighted by molar-refractivity contribution is 0.0526. The van der Waals surface area contributed by atoms with Gasteiger partial charge < -0.3 is 10.5 Å². The number of hydrogen-bond acceptors (Lipinski definition) is 5. The van der Waals surface area contributed by atoms with Crippen LogP contribution in [0.4, 0.5) is 5.82 Å². The van der Waals surface area contributed by atoms with Gasteiger partial charge in [0.1, 0.15) is 5.82 Å². The number of nitrogen functional groups attached to an aromatic ring is 1. The van der Waals surface area contributed by atoms with Crippen molar-refractivity contribution in [3.05, 3.63) is 30.0 Å². The minimum Gasteiger partial charge on any atom is -0.462 e. The second-order valence-electron chi connectivity index (χ2n) is 3.22. The molecule has 0 fully saturated rings. The van der Waals surface area contributed by atoms with Gasteiger partial charge in [0.05, 0.1) is 29.4 Å². The van der Waals surface area contributed by atoms with Crippen LogP contribution in [0.25, 0.3) is 11.0 Å². The number of fused-ring (bicyclic) bond motifs is 1. The smallest absolute Gasteiger partial charge is 0.338 e. The van der Waals surface area contributed by atoms with Gasteiger partial charge >= 0.3 is 5.97 Å². The fourth-order valence-electron chi connectivity index (χ4n) is 1.37. The summed E-state index contributed by atoms with van der Waals surface area (Å²) in [6, 6.07) is 4.99. The second-order valence-corrected chi connectivity index (χ2v) is 3.22. The number of benzene rings is 1. The standard InChI is InChI=1S/C11H11N3O2/c1-2-16-11(15)7-3-4-8-9(5-7)13-6-10(12)14-8/h3-6H,2H2,1H3,(H2,12,14). The Morgan fingerprint density at radius 1 is 1.44 bits per heavy atom. The molecule has 0 saturated carbocycles. The fourth-order valence-corrected chi connectivity index (χ4v) is 1.37. The van der Waals surface area contributed by atoms with Crippen LogP contribution < -0.4 is 5.73 Å². The fraction of sp³-hybridized carbons (Fsp3) is 0.182. The molecule has 0 spiro atoms. The zero-order valence-corrected chi connectivity index (χ0v) is 8.80. The average molecular weight is 217 g/mol. The first-order valence-electron chi connectivity index (χ1n) is 4.90. The Balaban J connectivity index is 2.44. The quantitative estimate of drug-likeness (QED) is 0.769. The Morgan fingerprint density at radius 3 is 3.00 bits per heavy atom. The topological polar surface area (TPSA) is 78.1 Å². The number of carbonyl (C=O) groups excluding carboxylic acids is 1. The van der Waals surface area contributed by atoms with Gasteiger partial charge in [-0.3, -0.25) is 4.98 Å². The van der Waals surface area contributed by atoms with Crippen LogP contribution in [-0.4, -0.2) is 22.5 Å². The summed E-state index contributed by atoms with van der Waals surface area (Å²) in [6.07, 6.45) is 1.46. The number of hydrogen-bond donors (Lipinski definition) is 1. The van der Waals surface area contributed by atoms with Gasteiger partial charge in [0.2, 0.25) is 0 Å². The zero-order valence-electron chi connectivity index (χ0n) is 8.80. The molecule has 16 heavy (non-hydrogen) atoms. The molecule has 1 aromatic carbocycles. The van der Waals surface area contributed by atoms with E-state index in [1.807, 2.05) is 0 Å². The molecule has 2 aromatic rings. The Hall–Kier alpha value is -2.17. The molecule has 0 atom stereocenters. The van der Waals surface area contributed by atoms with Crippen molar-refractivity contribution < 1.29 is 9.53 Å². The average Bonchev–Trinajstić information content (AvgIpc) is 2.28. The molecule has 1 aromatic heterocycles. The Morgan fingerprint density at radius 2 is 2.25 bits per heavy atom. The van der Waals surface area contributed by atoms with Crippen LogP contribution >= 0.6 is 0 Å². The van der Waals surface area contributed by atoms with Crippen LogP contribution in [0.3, 0.4) is 0 Å². The lowest BCUT2D eigenvalue weighted by Crippen LogP contribution is -2.04. The molecule has 0 amide bonds. The summed E-state index contributed by atoms with van der Waals surface area (Å²) >= 11 is 0. The maximum absolute atomic E-state index is 11.5. The number of nitrogens with zero attached hydrogens (tertiary/aromatic N) is 2. The zero-order chi connectivity index (χ0) is 11.5. The number of esters is 1. The molecule has 0 bridgehead atoms. The van der Waals surface area contributed by atoms with E-state index in [2.05, 4.69) is 9.97 Å². The minimum atomic E-state index is -0.358. The molecule has 0 aliphatic heterocycles. The van der Waals surface area contributed by atoms with Crippen LogP contribution in [0.1, 0.15) is 17.3 Å². The Labute approximate surface area is 92.3 Å². The van der Waals surface area contributed by atoms with Crippen molar-refractivity contribution in [3.8, 4) is 0 Å². The maximum atomic E-state index is 11.5. The van der Waals surface area contributed by atoms with Crippen molar-refractivity contribution in [2.24, 2.45) is 0 Å². The van der Waals surface area contributed by atoms with Gasteiger partial charge in [0.15, 0.2) is 0 Å². The van der Waals surface area contributed by atoms with Crippen LogP contribution in [-0.2, 0) is 4.74 Å². The van der Waals surface area contributed by atoms with E-state index in [4.69, 9.17) is 10.5 Å². The third kappa shape index (κ3) is 1.93. The SMILES string of the molecule is CCOC(=O)c1ccc2nc(N)cnc2c1. The third-order valence-electron chi connectivity index (χ3n) is 2.07. The Kier molecular flexibility index (Phi) is 2.68. The molecule has 82 valence electrons. The molecule has 0 aliphatic carbocycles. The van der Waals surface area contributed by atoms with E-state index in [0.717, 1.165) is 0 Å². The van der Waals surface area contributed by atoms with Crippen LogP contribution in [0.15, 0.2) is 24.4 Å². The predicted octanol–water partition coefficient (Wildman–Crippen LogP) is 1.39. The summed E-state index contributed by atoms with van der Waals surface area (Å²) in [5, 5.41) is 0. The molecule has 2 rings (SSSR count). The summed E-state index contributed by atoms with van der Waals surface area (Å²) < 4.78 is 4.89. The summed E-state index contributed by atoms with van der Waals surface area (Å²) in [7, 11) is 0. The molecule has 0 radical (unpaired) electrons. The van der Waals surface area contributed by atoms with Crippen LogP contribution in [0.5, 0.6) is 0 Å². The highest BCUT2D eigenvalue weighted by Crippen LogP contribution is 2.13. The summed E-state index contributed by atoms with van der Waals surface area (Å²) in [4.78, 5) is 19.6. The van der Waals surface area contributed by atoms with Crippen molar-refractivity contribution in [2.45, 2.75) is 6.92 Å². The van der Waals surface area contributed by atoms with Gasteiger partial charge in [0.25, 0.3) is 0 Å². The molecule has 0 unspecified atom stereocenters. The van der Waals surface area contributed by atoms with Crippen LogP contribution in [0, 0.1) is 0 Å². The van der Waals surface area contributed by atoms with Crippen LogP contribution in [0.2, 0.25) is 0 Å². The molecule has 1 heterocycles. The number of ether oxygens (including phenoxy) is 1. The molecule has 0 aliphatic rings. The second kappa shape index (κ2) is 4.14. The summed E-state index contributed by atoms with van der Waals surface area (Å²) in [5.41, 5.74) is 7.26. The highest BCUT2D eigenvalue weighted by molar-refractivity contribution is 5.93. The highest BCUT2D eigenvalue weighted by Gasteiger charge is 2.07. The van der Waals surface area contributed by atoms with Crippen molar-refractivity contribution in [2.75, 3.05) is 12.3 Å². The number of aromatic nitrogens is 2. The first-order chi connectivity index (χ1) is 7.70. The number of nitrogens with two attached hydrogens (primary N) is 1. The van der Waals surface area contributed by atoms with E-state index in [-0.39, 0.29) is 5.97 Å². The van der Waals surface area contributed by atoms with E-state index in [9.17, 15) is 4.79 Å². The number of carbonyl (C=O) groups is 1. The normalized spacial score (nSPS) is 10.3.